The first-order chi connectivity index (χ1) is 11.4. The van der Waals surface area contributed by atoms with E-state index in [-0.39, 0.29) is 16.8 Å². The van der Waals surface area contributed by atoms with Crippen LogP contribution in [0.15, 0.2) is 28.5 Å². The van der Waals surface area contributed by atoms with E-state index in [0.717, 1.165) is 11.3 Å². The molecule has 0 radical (unpaired) electrons. The van der Waals surface area contributed by atoms with Gasteiger partial charge in [-0.05, 0) is 37.8 Å². The van der Waals surface area contributed by atoms with Gasteiger partial charge in [0.15, 0.2) is 0 Å². The van der Waals surface area contributed by atoms with Crippen molar-refractivity contribution in [3.63, 3.8) is 0 Å². The van der Waals surface area contributed by atoms with Crippen LogP contribution in [0.3, 0.4) is 0 Å². The fourth-order valence-corrected chi connectivity index (χ4v) is 4.00. The zero-order valence-electron chi connectivity index (χ0n) is 13.4. The third-order valence-electron chi connectivity index (χ3n) is 3.22. The van der Waals surface area contributed by atoms with Gasteiger partial charge < -0.3 is 10.4 Å². The number of nitriles is 1. The number of nitrogens with zero attached hydrogens (tertiary/aromatic N) is 1. The molecule has 0 aliphatic carbocycles. The van der Waals surface area contributed by atoms with Gasteiger partial charge in [-0.2, -0.15) is 5.26 Å². The molecule has 0 aliphatic heterocycles. The number of thiophene rings is 1. The van der Waals surface area contributed by atoms with Gasteiger partial charge in [-0.15, -0.1) is 23.1 Å². The highest BCUT2D eigenvalue weighted by molar-refractivity contribution is 8.00. The molecule has 2 rings (SSSR count). The maximum atomic E-state index is 12.0. The summed E-state index contributed by atoms with van der Waals surface area (Å²) in [5.74, 6) is -1.25. The SMILES string of the molecule is CSc1sc(C(=O)O)c(-c2ccc(C(=O)NC(C)C)cc2)c1C#N. The highest BCUT2D eigenvalue weighted by atomic mass is 32.2. The topological polar surface area (TPSA) is 90.2 Å². The quantitative estimate of drug-likeness (QED) is 0.791. The summed E-state index contributed by atoms with van der Waals surface area (Å²) < 4.78 is 0.673. The molecule has 2 N–H and O–H groups in total. The van der Waals surface area contributed by atoms with E-state index in [1.54, 1.807) is 30.5 Å². The third-order valence-corrected chi connectivity index (χ3v) is 5.52. The summed E-state index contributed by atoms with van der Waals surface area (Å²) in [5.41, 5.74) is 1.88. The van der Waals surface area contributed by atoms with Gasteiger partial charge in [0, 0.05) is 17.2 Å². The summed E-state index contributed by atoms with van der Waals surface area (Å²) in [6, 6.07) is 8.75. The van der Waals surface area contributed by atoms with E-state index in [1.165, 1.54) is 11.8 Å². The Morgan fingerprint density at radius 2 is 1.92 bits per heavy atom. The predicted octanol–water partition coefficient (Wildman–Crippen LogP) is 3.85. The van der Waals surface area contributed by atoms with Crippen LogP contribution < -0.4 is 5.32 Å². The van der Waals surface area contributed by atoms with Crippen molar-refractivity contribution < 1.29 is 14.7 Å². The molecule has 24 heavy (non-hydrogen) atoms. The van der Waals surface area contributed by atoms with Crippen molar-refractivity contribution in [3.8, 4) is 17.2 Å². The molecule has 2 aromatic rings. The van der Waals surface area contributed by atoms with Crippen molar-refractivity contribution >= 4 is 35.0 Å². The van der Waals surface area contributed by atoms with E-state index in [1.807, 2.05) is 13.8 Å². The number of amides is 1. The number of rotatable bonds is 5. The Balaban J connectivity index is 2.49. The van der Waals surface area contributed by atoms with Crippen LogP contribution in [-0.4, -0.2) is 29.3 Å². The molecule has 0 saturated heterocycles. The van der Waals surface area contributed by atoms with Crippen LogP contribution in [0.2, 0.25) is 0 Å². The number of nitrogens with one attached hydrogen (secondary N) is 1. The Labute approximate surface area is 148 Å². The van der Waals surface area contributed by atoms with Crippen LogP contribution in [-0.2, 0) is 0 Å². The van der Waals surface area contributed by atoms with Crippen molar-refractivity contribution in [3.05, 3.63) is 40.3 Å². The van der Waals surface area contributed by atoms with Gasteiger partial charge in [0.05, 0.1) is 9.77 Å². The molecule has 0 spiro atoms. The van der Waals surface area contributed by atoms with E-state index < -0.39 is 5.97 Å². The lowest BCUT2D eigenvalue weighted by atomic mass is 10.0. The standard InChI is InChI=1S/C17H16N2O3S2/c1-9(2)19-15(20)11-6-4-10(5-7-11)13-12(8-18)17(23-3)24-14(13)16(21)22/h4-7,9H,1-3H3,(H,19,20)(H,21,22). The molecule has 0 bridgehead atoms. The summed E-state index contributed by atoms with van der Waals surface area (Å²) in [5, 5.41) is 21.6. The number of benzene rings is 1. The summed E-state index contributed by atoms with van der Waals surface area (Å²) in [6.07, 6.45) is 1.81. The molecule has 7 heteroatoms. The maximum absolute atomic E-state index is 12.0. The van der Waals surface area contributed by atoms with Gasteiger partial charge in [-0.3, -0.25) is 4.79 Å². The number of aromatic carboxylic acids is 1. The molecule has 0 unspecified atom stereocenters. The summed E-state index contributed by atoms with van der Waals surface area (Å²) in [6.45, 7) is 3.75. The first-order valence-corrected chi connectivity index (χ1v) is 9.18. The molecule has 124 valence electrons. The predicted molar refractivity (Wildman–Crippen MR) is 95.8 cm³/mol. The number of thioether (sulfide) groups is 1. The number of carboxylic acid groups (broad SMARTS) is 1. The average Bonchev–Trinajstić information content (AvgIpc) is 2.93. The van der Waals surface area contributed by atoms with E-state index in [9.17, 15) is 20.0 Å². The molecular weight excluding hydrogens is 344 g/mol. The van der Waals surface area contributed by atoms with Crippen LogP contribution in [0.25, 0.3) is 11.1 Å². The van der Waals surface area contributed by atoms with Crippen LogP contribution in [0.5, 0.6) is 0 Å². The maximum Gasteiger partial charge on any atom is 0.346 e. The fourth-order valence-electron chi connectivity index (χ4n) is 2.22. The third kappa shape index (κ3) is 3.61. The molecular formula is C17H16N2O3S2. The monoisotopic (exact) mass is 360 g/mol. The number of hydrogen-bond acceptors (Lipinski definition) is 5. The van der Waals surface area contributed by atoms with Gasteiger partial charge >= 0.3 is 5.97 Å². The van der Waals surface area contributed by atoms with Gasteiger partial charge in [-0.25, -0.2) is 4.79 Å². The summed E-state index contributed by atoms with van der Waals surface area (Å²) >= 11 is 2.44. The molecule has 0 fully saturated rings. The van der Waals surface area contributed by atoms with Crippen LogP contribution in [0, 0.1) is 11.3 Å². The number of hydrogen-bond donors (Lipinski definition) is 2. The largest absolute Gasteiger partial charge is 0.477 e. The molecule has 1 heterocycles. The van der Waals surface area contributed by atoms with Gasteiger partial charge in [0.25, 0.3) is 5.91 Å². The fraction of sp³-hybridized carbons (Fsp3) is 0.235. The number of carbonyl (C=O) groups excluding carboxylic acids is 1. The smallest absolute Gasteiger partial charge is 0.346 e. The Morgan fingerprint density at radius 3 is 2.38 bits per heavy atom. The Morgan fingerprint density at radius 1 is 1.29 bits per heavy atom. The average molecular weight is 360 g/mol. The molecule has 0 atom stereocenters. The molecule has 0 aliphatic rings. The summed E-state index contributed by atoms with van der Waals surface area (Å²) in [7, 11) is 0. The lowest BCUT2D eigenvalue weighted by Gasteiger charge is -2.09. The Hall–Kier alpha value is -2.30. The van der Waals surface area contributed by atoms with Crippen LogP contribution in [0.1, 0.15) is 39.4 Å². The van der Waals surface area contributed by atoms with Crippen molar-refractivity contribution in [1.29, 1.82) is 5.26 Å². The first kappa shape index (κ1) is 18.0. The normalized spacial score (nSPS) is 10.5. The van der Waals surface area contributed by atoms with E-state index in [4.69, 9.17) is 0 Å². The van der Waals surface area contributed by atoms with Crippen molar-refractivity contribution in [2.45, 2.75) is 24.1 Å². The lowest BCUT2D eigenvalue weighted by molar-refractivity contribution is 0.0702. The zero-order chi connectivity index (χ0) is 17.9. The van der Waals surface area contributed by atoms with E-state index >= 15 is 0 Å². The zero-order valence-corrected chi connectivity index (χ0v) is 15.0. The van der Waals surface area contributed by atoms with Gasteiger partial charge in [-0.1, -0.05) is 12.1 Å². The second-order valence-corrected chi connectivity index (χ2v) is 7.39. The van der Waals surface area contributed by atoms with Crippen molar-refractivity contribution in [2.24, 2.45) is 0 Å². The molecule has 1 amide bonds. The second kappa shape index (κ2) is 7.51. The second-order valence-electron chi connectivity index (χ2n) is 5.30. The van der Waals surface area contributed by atoms with Crippen LogP contribution in [0.4, 0.5) is 0 Å². The minimum Gasteiger partial charge on any atom is -0.477 e. The van der Waals surface area contributed by atoms with Gasteiger partial charge in [0.2, 0.25) is 0 Å². The highest BCUT2D eigenvalue weighted by Crippen LogP contribution is 2.40. The van der Waals surface area contributed by atoms with Crippen molar-refractivity contribution in [1.82, 2.24) is 5.32 Å². The summed E-state index contributed by atoms with van der Waals surface area (Å²) in [4.78, 5) is 23.6. The number of carbonyl (C=O) groups is 2. The van der Waals surface area contributed by atoms with Crippen LogP contribution >= 0.6 is 23.1 Å². The molecule has 1 aromatic carbocycles. The van der Waals surface area contributed by atoms with E-state index in [2.05, 4.69) is 11.4 Å². The minimum absolute atomic E-state index is 0.0296. The highest BCUT2D eigenvalue weighted by Gasteiger charge is 2.23. The lowest BCUT2D eigenvalue weighted by Crippen LogP contribution is -2.29. The Bertz CT molecular complexity index is 818. The number of carboxylic acids is 1. The molecule has 5 nitrogen and oxygen atoms in total. The minimum atomic E-state index is -1.06. The van der Waals surface area contributed by atoms with Crippen molar-refractivity contribution in [2.75, 3.05) is 6.26 Å². The molecule has 0 saturated carbocycles. The Kier molecular flexibility index (Phi) is 5.65. The molecule has 1 aromatic heterocycles. The first-order valence-electron chi connectivity index (χ1n) is 7.14. The van der Waals surface area contributed by atoms with E-state index in [0.29, 0.717) is 26.5 Å². The van der Waals surface area contributed by atoms with Gasteiger partial charge in [0.1, 0.15) is 10.9 Å².